The van der Waals surface area contributed by atoms with Crippen molar-refractivity contribution in [1.82, 2.24) is 5.32 Å². The number of barbiturate groups is 1. The third kappa shape index (κ3) is 3.81. The van der Waals surface area contributed by atoms with E-state index in [1.165, 1.54) is 44.7 Å². The monoisotopic (exact) mass is 401 g/mol. The van der Waals surface area contributed by atoms with E-state index in [9.17, 15) is 14.4 Å². The molecule has 1 fully saturated rings. The average molecular weight is 402 g/mol. The van der Waals surface area contributed by atoms with E-state index in [1.807, 2.05) is 0 Å². The zero-order valence-electron chi connectivity index (χ0n) is 15.0. The second-order valence-electron chi connectivity index (χ2n) is 5.74. The highest BCUT2D eigenvalue weighted by molar-refractivity contribution is 6.33. The number of amides is 4. The number of nitrogens with one attached hydrogen (secondary N) is 1. The number of rotatable bonds is 5. The quantitative estimate of drug-likeness (QED) is 0.613. The molecular formula is C19H16ClN3O5. The second kappa shape index (κ2) is 8.10. The summed E-state index contributed by atoms with van der Waals surface area (Å²) < 4.78 is 10.4. The zero-order valence-corrected chi connectivity index (χ0v) is 15.8. The van der Waals surface area contributed by atoms with Crippen LogP contribution in [0.4, 0.5) is 16.2 Å². The standard InChI is InChI=1S/C19H16ClN3O5/c1-27-13-7-8-16(28-2)15(9-13)21-10-14-17(24)22-19(26)23(18(14)25)12-5-3-11(20)4-6-12/h3-10,14H,1-2H3,(H,22,24,26)/t14-/m1/s1. The summed E-state index contributed by atoms with van der Waals surface area (Å²) in [5.74, 6) is -1.80. The van der Waals surface area contributed by atoms with Crippen molar-refractivity contribution in [3.8, 4) is 11.5 Å². The lowest BCUT2D eigenvalue weighted by atomic mass is 10.1. The summed E-state index contributed by atoms with van der Waals surface area (Å²) in [6.07, 6.45) is 1.17. The minimum absolute atomic E-state index is 0.289. The van der Waals surface area contributed by atoms with Crippen LogP contribution in [-0.4, -0.2) is 38.3 Å². The van der Waals surface area contributed by atoms with Gasteiger partial charge in [0.1, 0.15) is 17.2 Å². The summed E-state index contributed by atoms with van der Waals surface area (Å²) >= 11 is 5.84. The van der Waals surface area contributed by atoms with Gasteiger partial charge < -0.3 is 9.47 Å². The Morgan fingerprint density at radius 3 is 2.43 bits per heavy atom. The number of aliphatic imine (C=N–C) groups is 1. The number of imide groups is 2. The van der Waals surface area contributed by atoms with Crippen LogP contribution in [0.3, 0.4) is 0 Å². The van der Waals surface area contributed by atoms with E-state index in [2.05, 4.69) is 10.3 Å². The Hall–Kier alpha value is -3.39. The highest BCUT2D eigenvalue weighted by Crippen LogP contribution is 2.31. The highest BCUT2D eigenvalue weighted by Gasteiger charge is 2.40. The molecule has 0 unspecified atom stereocenters. The van der Waals surface area contributed by atoms with Crippen LogP contribution in [0.15, 0.2) is 47.5 Å². The number of anilines is 1. The number of hydrogen-bond acceptors (Lipinski definition) is 6. The molecule has 0 bridgehead atoms. The van der Waals surface area contributed by atoms with Crippen LogP contribution in [0.2, 0.25) is 5.02 Å². The highest BCUT2D eigenvalue weighted by atomic mass is 35.5. The van der Waals surface area contributed by atoms with Gasteiger partial charge in [-0.25, -0.2) is 9.69 Å². The SMILES string of the molecule is COc1ccc(OC)c(N=C[C@@H]2C(=O)NC(=O)N(c3ccc(Cl)cc3)C2=O)c1. The van der Waals surface area contributed by atoms with Crippen molar-refractivity contribution in [3.05, 3.63) is 47.5 Å². The van der Waals surface area contributed by atoms with Crippen molar-refractivity contribution in [3.63, 3.8) is 0 Å². The average Bonchev–Trinajstić information content (AvgIpc) is 2.68. The van der Waals surface area contributed by atoms with Crippen LogP contribution in [0.1, 0.15) is 0 Å². The molecule has 0 aliphatic carbocycles. The third-order valence-corrected chi connectivity index (χ3v) is 4.29. The lowest BCUT2D eigenvalue weighted by Crippen LogP contribution is -2.58. The molecule has 0 saturated carbocycles. The molecule has 8 nitrogen and oxygen atoms in total. The first-order chi connectivity index (χ1) is 13.4. The van der Waals surface area contributed by atoms with E-state index < -0.39 is 23.8 Å². The van der Waals surface area contributed by atoms with Crippen LogP contribution < -0.4 is 19.7 Å². The van der Waals surface area contributed by atoms with E-state index in [4.69, 9.17) is 21.1 Å². The fraction of sp³-hybridized carbons (Fsp3) is 0.158. The van der Waals surface area contributed by atoms with Gasteiger partial charge in [-0.15, -0.1) is 0 Å². The molecule has 1 aliphatic heterocycles. The lowest BCUT2D eigenvalue weighted by molar-refractivity contribution is -0.131. The van der Waals surface area contributed by atoms with Gasteiger partial charge in [0.15, 0.2) is 5.92 Å². The molecule has 28 heavy (non-hydrogen) atoms. The van der Waals surface area contributed by atoms with Crippen molar-refractivity contribution in [1.29, 1.82) is 0 Å². The molecule has 3 rings (SSSR count). The molecule has 4 amide bonds. The number of carbonyl (C=O) groups excluding carboxylic acids is 3. The third-order valence-electron chi connectivity index (χ3n) is 4.04. The number of hydrogen-bond donors (Lipinski definition) is 1. The lowest BCUT2D eigenvalue weighted by Gasteiger charge is -2.28. The van der Waals surface area contributed by atoms with Crippen molar-refractivity contribution in [2.75, 3.05) is 19.1 Å². The van der Waals surface area contributed by atoms with Gasteiger partial charge in [-0.2, -0.15) is 0 Å². The number of methoxy groups -OCH3 is 2. The van der Waals surface area contributed by atoms with Gasteiger partial charge >= 0.3 is 6.03 Å². The molecule has 2 aromatic carbocycles. The number of nitrogens with zero attached hydrogens (tertiary/aromatic N) is 2. The zero-order chi connectivity index (χ0) is 20.3. The number of urea groups is 1. The van der Waals surface area contributed by atoms with Crippen LogP contribution >= 0.6 is 11.6 Å². The van der Waals surface area contributed by atoms with Crippen LogP contribution in [0.25, 0.3) is 0 Å². The molecule has 1 heterocycles. The molecule has 1 aliphatic rings. The van der Waals surface area contributed by atoms with E-state index >= 15 is 0 Å². The molecular weight excluding hydrogens is 386 g/mol. The first-order valence-corrected chi connectivity index (χ1v) is 8.53. The Balaban J connectivity index is 1.92. The van der Waals surface area contributed by atoms with Gasteiger partial charge in [-0.3, -0.25) is 19.9 Å². The topological polar surface area (TPSA) is 97.3 Å². The Morgan fingerprint density at radius 2 is 1.79 bits per heavy atom. The summed E-state index contributed by atoms with van der Waals surface area (Å²) in [4.78, 5) is 42.2. The molecule has 1 saturated heterocycles. The van der Waals surface area contributed by atoms with E-state index in [0.29, 0.717) is 22.2 Å². The Morgan fingerprint density at radius 1 is 1.07 bits per heavy atom. The van der Waals surface area contributed by atoms with Gasteiger partial charge in [0, 0.05) is 17.3 Å². The fourth-order valence-corrected chi connectivity index (χ4v) is 2.73. The van der Waals surface area contributed by atoms with Gasteiger partial charge in [0.25, 0.3) is 5.91 Å². The number of ether oxygens (including phenoxy) is 2. The Bertz CT molecular complexity index is 959. The van der Waals surface area contributed by atoms with Crippen molar-refractivity contribution >= 4 is 47.0 Å². The van der Waals surface area contributed by atoms with E-state index in [0.717, 1.165) is 4.90 Å². The summed E-state index contributed by atoms with van der Waals surface area (Å²) in [6, 6.07) is 10.2. The molecule has 9 heteroatoms. The van der Waals surface area contributed by atoms with Crippen molar-refractivity contribution < 1.29 is 23.9 Å². The van der Waals surface area contributed by atoms with E-state index in [1.54, 1.807) is 18.2 Å². The number of carbonyl (C=O) groups is 3. The summed E-state index contributed by atoms with van der Waals surface area (Å²) in [5, 5.41) is 2.61. The molecule has 0 aromatic heterocycles. The van der Waals surface area contributed by atoms with Crippen LogP contribution in [-0.2, 0) is 9.59 Å². The molecule has 0 radical (unpaired) electrons. The molecule has 144 valence electrons. The second-order valence-corrected chi connectivity index (χ2v) is 6.17. The van der Waals surface area contributed by atoms with Gasteiger partial charge in [0.05, 0.1) is 19.9 Å². The maximum absolute atomic E-state index is 12.8. The maximum Gasteiger partial charge on any atom is 0.335 e. The summed E-state index contributed by atoms with van der Waals surface area (Å²) in [7, 11) is 2.98. The number of halogens is 1. The number of benzene rings is 2. The van der Waals surface area contributed by atoms with Crippen LogP contribution in [0, 0.1) is 5.92 Å². The fourth-order valence-electron chi connectivity index (χ4n) is 2.61. The summed E-state index contributed by atoms with van der Waals surface area (Å²) in [6.45, 7) is 0. The van der Waals surface area contributed by atoms with E-state index in [-0.39, 0.29) is 5.69 Å². The smallest absolute Gasteiger partial charge is 0.335 e. The predicted molar refractivity (Wildman–Crippen MR) is 104 cm³/mol. The molecule has 1 N–H and O–H groups in total. The Labute approximate surface area is 165 Å². The minimum Gasteiger partial charge on any atom is -0.497 e. The van der Waals surface area contributed by atoms with Gasteiger partial charge in [-0.1, -0.05) is 11.6 Å². The molecule has 0 spiro atoms. The predicted octanol–water partition coefficient (Wildman–Crippen LogP) is 2.96. The molecule has 1 atom stereocenters. The van der Waals surface area contributed by atoms with Gasteiger partial charge in [0.2, 0.25) is 5.91 Å². The van der Waals surface area contributed by atoms with Gasteiger partial charge in [-0.05, 0) is 36.4 Å². The van der Waals surface area contributed by atoms with Crippen molar-refractivity contribution in [2.24, 2.45) is 10.9 Å². The van der Waals surface area contributed by atoms with Crippen LogP contribution in [0.5, 0.6) is 11.5 Å². The Kier molecular flexibility index (Phi) is 5.60. The maximum atomic E-state index is 12.8. The van der Waals surface area contributed by atoms with Crippen molar-refractivity contribution in [2.45, 2.75) is 0 Å². The first-order valence-electron chi connectivity index (χ1n) is 8.15. The minimum atomic E-state index is -1.29. The first kappa shape index (κ1) is 19.4. The largest absolute Gasteiger partial charge is 0.497 e. The summed E-state index contributed by atoms with van der Waals surface area (Å²) in [5.41, 5.74) is 0.661. The molecule has 2 aromatic rings. The normalized spacial score (nSPS) is 17.0.